The van der Waals surface area contributed by atoms with E-state index in [0.717, 1.165) is 22.4 Å². The van der Waals surface area contributed by atoms with Crippen LogP contribution in [-0.2, 0) is 16.6 Å². The summed E-state index contributed by atoms with van der Waals surface area (Å²) in [4.78, 5) is 6.14. The topological polar surface area (TPSA) is 82.2 Å². The predicted octanol–water partition coefficient (Wildman–Crippen LogP) is 3.22. The molecule has 0 spiro atoms. The van der Waals surface area contributed by atoms with E-state index in [1.54, 1.807) is 18.6 Å². The van der Waals surface area contributed by atoms with Gasteiger partial charge in [0.05, 0.1) is 12.4 Å². The molecule has 2 heterocycles. The summed E-state index contributed by atoms with van der Waals surface area (Å²) in [6.07, 6.45) is 9.06. The van der Waals surface area contributed by atoms with Gasteiger partial charge >= 0.3 is 0 Å². The Morgan fingerprint density at radius 3 is 2.42 bits per heavy atom. The number of halogens is 1. The molecule has 1 aromatic heterocycles. The molecule has 0 unspecified atom stereocenters. The van der Waals surface area contributed by atoms with Crippen molar-refractivity contribution < 1.29 is 12.8 Å². The van der Waals surface area contributed by atoms with Gasteiger partial charge in [0.25, 0.3) is 0 Å². The highest BCUT2D eigenvalue weighted by molar-refractivity contribution is 7.89. The Bertz CT molecular complexity index is 1260. The molecule has 0 N–H and O–H groups in total. The third kappa shape index (κ3) is 5.86. The number of hydrogen-bond donors (Lipinski definition) is 0. The van der Waals surface area contributed by atoms with Gasteiger partial charge in [0.1, 0.15) is 5.82 Å². The van der Waals surface area contributed by atoms with Crippen LogP contribution in [0.4, 0.5) is 10.1 Å². The third-order valence-corrected chi connectivity index (χ3v) is 7.16. The molecule has 170 valence electrons. The summed E-state index contributed by atoms with van der Waals surface area (Å²) in [5.74, 6) is -0.761. The van der Waals surface area contributed by atoms with Gasteiger partial charge in [-0.25, -0.2) is 17.8 Å². The fourth-order valence-corrected chi connectivity index (χ4v) is 4.91. The number of piperazine rings is 1. The molecule has 1 aliphatic rings. The van der Waals surface area contributed by atoms with Crippen LogP contribution in [0.5, 0.6) is 0 Å². The van der Waals surface area contributed by atoms with E-state index in [0.29, 0.717) is 32.7 Å². The Morgan fingerprint density at radius 1 is 1.03 bits per heavy atom. The molecule has 0 aliphatic carbocycles. The second-order valence-electron chi connectivity index (χ2n) is 7.85. The van der Waals surface area contributed by atoms with Crippen LogP contribution in [-0.4, -0.2) is 54.2 Å². The van der Waals surface area contributed by atoms with Crippen molar-refractivity contribution >= 4 is 27.9 Å². The molecule has 7 nitrogen and oxygen atoms in total. The standard InChI is InChI=1S/C24H24FN5O2S/c25-23-16-21(15-22(17-23)18-28-9-8-27-19-28)2-1-20-3-5-24(6-4-20)29-10-12-30(13-11-29)33(31,32)14-7-26/h1-6,8-9,15-17,19H,10-14,18H2/b2-1+. The largest absolute Gasteiger partial charge is 0.369 e. The summed E-state index contributed by atoms with van der Waals surface area (Å²) in [6.45, 7) is 2.43. The number of rotatable bonds is 7. The minimum absolute atomic E-state index is 0.279. The molecule has 1 fully saturated rings. The van der Waals surface area contributed by atoms with Gasteiger partial charge in [0.15, 0.2) is 5.75 Å². The molecule has 9 heteroatoms. The lowest BCUT2D eigenvalue weighted by atomic mass is 10.1. The summed E-state index contributed by atoms with van der Waals surface area (Å²) >= 11 is 0. The van der Waals surface area contributed by atoms with Gasteiger partial charge in [-0.2, -0.15) is 9.57 Å². The van der Waals surface area contributed by atoms with Gasteiger partial charge in [-0.05, 0) is 47.0 Å². The fourth-order valence-electron chi connectivity index (χ4n) is 3.84. The first kappa shape index (κ1) is 22.7. The zero-order valence-electron chi connectivity index (χ0n) is 18.0. The highest BCUT2D eigenvalue weighted by atomic mass is 32.2. The van der Waals surface area contributed by atoms with Gasteiger partial charge in [-0.3, -0.25) is 0 Å². The van der Waals surface area contributed by atoms with E-state index in [4.69, 9.17) is 5.26 Å². The van der Waals surface area contributed by atoms with Gasteiger partial charge in [0, 0.05) is 50.8 Å². The number of nitriles is 1. The molecule has 0 atom stereocenters. The van der Waals surface area contributed by atoms with E-state index in [9.17, 15) is 12.8 Å². The molecular weight excluding hydrogens is 441 g/mol. The number of hydrogen-bond acceptors (Lipinski definition) is 5. The average molecular weight is 466 g/mol. The average Bonchev–Trinajstić information content (AvgIpc) is 3.31. The molecular formula is C24H24FN5O2S. The molecule has 1 saturated heterocycles. The lowest BCUT2D eigenvalue weighted by molar-refractivity contribution is 0.386. The number of sulfonamides is 1. The summed E-state index contributed by atoms with van der Waals surface area (Å²) in [6, 6.07) is 14.7. The van der Waals surface area contributed by atoms with Crippen LogP contribution >= 0.6 is 0 Å². The van der Waals surface area contributed by atoms with E-state index >= 15 is 0 Å². The normalized spacial score (nSPS) is 15.1. The first-order valence-corrected chi connectivity index (χ1v) is 12.2. The maximum atomic E-state index is 14.1. The van der Waals surface area contributed by atoms with Crippen molar-refractivity contribution in [2.24, 2.45) is 0 Å². The minimum Gasteiger partial charge on any atom is -0.369 e. The van der Waals surface area contributed by atoms with Crippen molar-refractivity contribution in [3.8, 4) is 6.07 Å². The zero-order valence-corrected chi connectivity index (χ0v) is 18.8. The number of imidazole rings is 1. The molecule has 33 heavy (non-hydrogen) atoms. The highest BCUT2D eigenvalue weighted by Crippen LogP contribution is 2.20. The van der Waals surface area contributed by atoms with E-state index in [-0.39, 0.29) is 5.82 Å². The Kier molecular flexibility index (Phi) is 6.87. The number of anilines is 1. The Morgan fingerprint density at radius 2 is 1.76 bits per heavy atom. The number of aromatic nitrogens is 2. The second kappa shape index (κ2) is 9.98. The molecule has 1 aliphatic heterocycles. The second-order valence-corrected chi connectivity index (χ2v) is 9.82. The van der Waals surface area contributed by atoms with Crippen LogP contribution in [0.25, 0.3) is 12.2 Å². The van der Waals surface area contributed by atoms with E-state index in [1.807, 2.05) is 53.2 Å². The number of nitrogens with zero attached hydrogens (tertiary/aromatic N) is 5. The van der Waals surface area contributed by atoms with E-state index < -0.39 is 15.8 Å². The molecule has 0 radical (unpaired) electrons. The van der Waals surface area contributed by atoms with Crippen LogP contribution in [0.1, 0.15) is 16.7 Å². The lowest BCUT2D eigenvalue weighted by Gasteiger charge is -2.35. The molecule has 0 amide bonds. The SMILES string of the molecule is N#CCS(=O)(=O)N1CCN(c2ccc(/C=C/c3cc(F)cc(Cn4ccnc4)c3)cc2)CC1. The minimum atomic E-state index is -3.50. The van der Waals surface area contributed by atoms with Gasteiger partial charge in [-0.15, -0.1) is 0 Å². The van der Waals surface area contributed by atoms with Crippen molar-refractivity contribution in [3.05, 3.63) is 83.7 Å². The van der Waals surface area contributed by atoms with Crippen molar-refractivity contribution in [1.29, 1.82) is 5.26 Å². The summed E-state index contributed by atoms with van der Waals surface area (Å²) in [5.41, 5.74) is 3.63. The van der Waals surface area contributed by atoms with Crippen molar-refractivity contribution in [2.45, 2.75) is 6.54 Å². The Labute approximate surface area is 193 Å². The molecule has 0 bridgehead atoms. The van der Waals surface area contributed by atoms with Crippen molar-refractivity contribution in [2.75, 3.05) is 36.8 Å². The van der Waals surface area contributed by atoms with E-state index in [1.165, 1.54) is 16.4 Å². The maximum Gasteiger partial charge on any atom is 0.227 e. The Balaban J connectivity index is 1.38. The van der Waals surface area contributed by atoms with Crippen molar-refractivity contribution in [1.82, 2.24) is 13.9 Å². The van der Waals surface area contributed by atoms with Gasteiger partial charge in [-0.1, -0.05) is 24.3 Å². The van der Waals surface area contributed by atoms with Gasteiger partial charge in [0.2, 0.25) is 10.0 Å². The zero-order chi connectivity index (χ0) is 23.3. The highest BCUT2D eigenvalue weighted by Gasteiger charge is 2.26. The summed E-state index contributed by atoms with van der Waals surface area (Å²) in [5, 5.41) is 8.69. The Hall–Kier alpha value is -3.48. The van der Waals surface area contributed by atoms with E-state index in [2.05, 4.69) is 9.88 Å². The van der Waals surface area contributed by atoms with Crippen LogP contribution in [0.2, 0.25) is 0 Å². The molecule has 4 rings (SSSR count). The molecule has 3 aromatic rings. The smallest absolute Gasteiger partial charge is 0.227 e. The summed E-state index contributed by atoms with van der Waals surface area (Å²) < 4.78 is 41.4. The predicted molar refractivity (Wildman–Crippen MR) is 126 cm³/mol. The molecule has 0 saturated carbocycles. The maximum absolute atomic E-state index is 14.1. The monoisotopic (exact) mass is 465 g/mol. The lowest BCUT2D eigenvalue weighted by Crippen LogP contribution is -2.49. The fraction of sp³-hybridized carbons (Fsp3) is 0.250. The quantitative estimate of drug-likeness (QED) is 0.501. The first-order valence-electron chi connectivity index (χ1n) is 10.6. The van der Waals surface area contributed by atoms with Crippen LogP contribution in [0.15, 0.2) is 61.2 Å². The third-order valence-electron chi connectivity index (χ3n) is 5.51. The molecule has 2 aromatic carbocycles. The number of benzene rings is 2. The van der Waals surface area contributed by atoms with Crippen LogP contribution in [0.3, 0.4) is 0 Å². The first-order chi connectivity index (χ1) is 15.9. The summed E-state index contributed by atoms with van der Waals surface area (Å²) in [7, 11) is -3.50. The van der Waals surface area contributed by atoms with Gasteiger partial charge < -0.3 is 9.47 Å². The van der Waals surface area contributed by atoms with Crippen molar-refractivity contribution in [3.63, 3.8) is 0 Å². The van der Waals surface area contributed by atoms with Crippen LogP contribution < -0.4 is 4.90 Å². The van der Waals surface area contributed by atoms with Crippen LogP contribution in [0, 0.1) is 17.1 Å².